The van der Waals surface area contributed by atoms with Crippen LogP contribution in [0.25, 0.3) is 11.0 Å². The van der Waals surface area contributed by atoms with E-state index >= 15 is 0 Å². The second-order valence-corrected chi connectivity index (χ2v) is 3.42. The minimum atomic E-state index is -0.0909. The van der Waals surface area contributed by atoms with Crippen LogP contribution in [0.1, 0.15) is 5.69 Å². The summed E-state index contributed by atoms with van der Waals surface area (Å²) < 4.78 is 1.85. The Labute approximate surface area is 79.2 Å². The maximum Gasteiger partial charge on any atom is 0.278 e. The lowest BCUT2D eigenvalue weighted by molar-refractivity contribution is 0.822. The lowest BCUT2D eigenvalue weighted by Crippen LogP contribution is -2.18. The molecule has 0 bridgehead atoms. The molecule has 0 aliphatic heterocycles. The zero-order chi connectivity index (χ0) is 9.59. The van der Waals surface area contributed by atoms with Crippen LogP contribution in [-0.2, 0) is 7.05 Å². The Bertz CT molecular complexity index is 575. The molecule has 2 aromatic rings. The lowest BCUT2D eigenvalue weighted by atomic mass is 10.4. The Morgan fingerprint density at radius 3 is 2.85 bits per heavy atom. The smallest absolute Gasteiger partial charge is 0.278 e. The first kappa shape index (κ1) is 8.25. The summed E-state index contributed by atoms with van der Waals surface area (Å²) in [5.74, 6) is 0. The highest BCUT2D eigenvalue weighted by atomic mass is 32.1. The quantitative estimate of drug-likeness (QED) is 0.621. The SMILES string of the molecule is Cc1cc2[nH]c(=S)n(C)c(=O)c2[nH]1. The first-order valence-electron chi connectivity index (χ1n) is 3.88. The van der Waals surface area contributed by atoms with E-state index in [1.165, 1.54) is 4.57 Å². The standard InChI is InChI=1S/C8H9N3OS/c1-4-3-5-6(9-4)7(12)11(2)8(13)10-5/h3,9H,1-2H3,(H,10,13). The largest absolute Gasteiger partial charge is 0.353 e. The number of hydrogen-bond donors (Lipinski definition) is 2. The summed E-state index contributed by atoms with van der Waals surface area (Å²) in [6, 6.07) is 1.87. The van der Waals surface area contributed by atoms with Crippen LogP contribution in [0.15, 0.2) is 10.9 Å². The fourth-order valence-corrected chi connectivity index (χ4v) is 1.51. The van der Waals surface area contributed by atoms with Crippen molar-refractivity contribution in [1.29, 1.82) is 0 Å². The van der Waals surface area contributed by atoms with Gasteiger partial charge in [0, 0.05) is 12.7 Å². The van der Waals surface area contributed by atoms with Crippen LogP contribution in [-0.4, -0.2) is 14.5 Å². The van der Waals surface area contributed by atoms with Crippen molar-refractivity contribution in [2.45, 2.75) is 6.92 Å². The molecule has 0 atom stereocenters. The van der Waals surface area contributed by atoms with Gasteiger partial charge in [-0.3, -0.25) is 9.36 Å². The molecule has 0 aliphatic rings. The predicted molar refractivity (Wildman–Crippen MR) is 53.5 cm³/mol. The number of H-pyrrole nitrogens is 2. The van der Waals surface area contributed by atoms with Crippen LogP contribution in [0.5, 0.6) is 0 Å². The van der Waals surface area contributed by atoms with E-state index in [9.17, 15) is 4.79 Å². The fourth-order valence-electron chi connectivity index (χ4n) is 1.32. The van der Waals surface area contributed by atoms with Crippen LogP contribution >= 0.6 is 12.2 Å². The third-order valence-corrected chi connectivity index (χ3v) is 2.39. The molecule has 0 spiro atoms. The summed E-state index contributed by atoms with van der Waals surface area (Å²) >= 11 is 4.97. The van der Waals surface area contributed by atoms with Gasteiger partial charge >= 0.3 is 0 Å². The molecule has 0 saturated carbocycles. The molecule has 2 N–H and O–H groups in total. The molecule has 0 saturated heterocycles. The van der Waals surface area contributed by atoms with Gasteiger partial charge in [0.1, 0.15) is 5.52 Å². The molecule has 68 valence electrons. The van der Waals surface area contributed by atoms with E-state index < -0.39 is 0 Å². The summed E-state index contributed by atoms with van der Waals surface area (Å²) in [6.07, 6.45) is 0. The Morgan fingerprint density at radius 1 is 1.46 bits per heavy atom. The summed E-state index contributed by atoms with van der Waals surface area (Å²) in [6.45, 7) is 1.90. The molecule has 2 rings (SSSR count). The molecule has 0 amide bonds. The van der Waals surface area contributed by atoms with Gasteiger partial charge in [-0.25, -0.2) is 0 Å². The van der Waals surface area contributed by atoms with Crippen LogP contribution < -0.4 is 5.56 Å². The first-order valence-corrected chi connectivity index (χ1v) is 4.29. The number of aromatic nitrogens is 3. The van der Waals surface area contributed by atoms with Crippen LogP contribution in [0, 0.1) is 11.7 Å². The molecular weight excluding hydrogens is 186 g/mol. The molecule has 2 heterocycles. The van der Waals surface area contributed by atoms with Gasteiger partial charge in [0.15, 0.2) is 4.77 Å². The maximum absolute atomic E-state index is 11.6. The van der Waals surface area contributed by atoms with E-state index in [0.717, 1.165) is 11.2 Å². The van der Waals surface area contributed by atoms with Crippen LogP contribution in [0.2, 0.25) is 0 Å². The summed E-state index contributed by atoms with van der Waals surface area (Å²) in [4.78, 5) is 17.6. The maximum atomic E-state index is 11.6. The van der Waals surface area contributed by atoms with E-state index in [0.29, 0.717) is 10.3 Å². The van der Waals surface area contributed by atoms with Crippen molar-refractivity contribution in [3.05, 3.63) is 26.9 Å². The highest BCUT2D eigenvalue weighted by Crippen LogP contribution is 2.07. The van der Waals surface area contributed by atoms with Gasteiger partial charge in [0.25, 0.3) is 5.56 Å². The van der Waals surface area contributed by atoms with E-state index in [-0.39, 0.29) is 5.56 Å². The third kappa shape index (κ3) is 1.12. The average Bonchev–Trinajstić information content (AvgIpc) is 2.42. The number of aromatic amines is 2. The second kappa shape index (κ2) is 2.56. The number of fused-ring (bicyclic) bond motifs is 1. The normalized spacial score (nSPS) is 10.9. The molecule has 0 unspecified atom stereocenters. The Balaban J connectivity index is 3.10. The van der Waals surface area contributed by atoms with Gasteiger partial charge in [-0.2, -0.15) is 0 Å². The van der Waals surface area contributed by atoms with Crippen molar-refractivity contribution >= 4 is 23.3 Å². The van der Waals surface area contributed by atoms with Gasteiger partial charge in [-0.15, -0.1) is 0 Å². The topological polar surface area (TPSA) is 53.6 Å². The predicted octanol–water partition coefficient (Wildman–Crippen LogP) is 1.23. The van der Waals surface area contributed by atoms with Crippen molar-refractivity contribution in [3.8, 4) is 0 Å². The molecule has 13 heavy (non-hydrogen) atoms. The van der Waals surface area contributed by atoms with Crippen molar-refractivity contribution in [3.63, 3.8) is 0 Å². The minimum Gasteiger partial charge on any atom is -0.353 e. The van der Waals surface area contributed by atoms with E-state index in [1.807, 2.05) is 13.0 Å². The van der Waals surface area contributed by atoms with Crippen molar-refractivity contribution in [2.75, 3.05) is 0 Å². The summed E-state index contributed by atoms with van der Waals surface area (Å²) in [5, 5.41) is 0. The number of aryl methyl sites for hydroxylation is 1. The van der Waals surface area contributed by atoms with E-state index in [2.05, 4.69) is 9.97 Å². The molecule has 4 nitrogen and oxygen atoms in total. The minimum absolute atomic E-state index is 0.0909. The summed E-state index contributed by atoms with van der Waals surface area (Å²) in [5.41, 5.74) is 2.20. The fraction of sp³-hybridized carbons (Fsp3) is 0.250. The van der Waals surface area contributed by atoms with Gasteiger partial charge in [0.05, 0.1) is 5.52 Å². The van der Waals surface area contributed by atoms with E-state index in [4.69, 9.17) is 12.2 Å². The number of hydrogen-bond acceptors (Lipinski definition) is 2. The van der Waals surface area contributed by atoms with Crippen molar-refractivity contribution in [2.24, 2.45) is 7.05 Å². The van der Waals surface area contributed by atoms with Gasteiger partial charge in [0.2, 0.25) is 0 Å². The number of rotatable bonds is 0. The van der Waals surface area contributed by atoms with Crippen LogP contribution in [0.4, 0.5) is 0 Å². The molecule has 0 aromatic carbocycles. The zero-order valence-electron chi connectivity index (χ0n) is 7.34. The molecule has 0 radical (unpaired) electrons. The highest BCUT2D eigenvalue weighted by molar-refractivity contribution is 7.71. The highest BCUT2D eigenvalue weighted by Gasteiger charge is 2.04. The average molecular weight is 195 g/mol. The lowest BCUT2D eigenvalue weighted by Gasteiger charge is -1.96. The van der Waals surface area contributed by atoms with Gasteiger partial charge in [-0.1, -0.05) is 0 Å². The van der Waals surface area contributed by atoms with Crippen molar-refractivity contribution < 1.29 is 0 Å². The molecule has 2 aromatic heterocycles. The van der Waals surface area contributed by atoms with E-state index in [1.54, 1.807) is 7.05 Å². The number of nitrogens with zero attached hydrogens (tertiary/aromatic N) is 1. The van der Waals surface area contributed by atoms with Gasteiger partial charge in [-0.05, 0) is 25.2 Å². The Morgan fingerprint density at radius 2 is 2.15 bits per heavy atom. The number of nitrogens with one attached hydrogen (secondary N) is 2. The third-order valence-electron chi connectivity index (χ3n) is 2.02. The molecule has 0 fully saturated rings. The zero-order valence-corrected chi connectivity index (χ0v) is 8.16. The van der Waals surface area contributed by atoms with Gasteiger partial charge < -0.3 is 9.97 Å². The van der Waals surface area contributed by atoms with Crippen LogP contribution in [0.3, 0.4) is 0 Å². The second-order valence-electron chi connectivity index (χ2n) is 3.04. The molecule has 5 heteroatoms. The summed E-state index contributed by atoms with van der Waals surface area (Å²) in [7, 11) is 1.65. The first-order chi connectivity index (χ1) is 6.09. The molecular formula is C8H9N3OS. The monoisotopic (exact) mass is 195 g/mol. The molecule has 0 aliphatic carbocycles. The Kier molecular flexibility index (Phi) is 1.63. The Hall–Kier alpha value is -1.36. The van der Waals surface area contributed by atoms with Crippen molar-refractivity contribution in [1.82, 2.24) is 14.5 Å².